The number of H-pyrrole nitrogens is 1. The van der Waals surface area contributed by atoms with E-state index in [-0.39, 0.29) is 12.0 Å². The maximum Gasteiger partial charge on any atom is 0.303 e. The van der Waals surface area contributed by atoms with Crippen LogP contribution in [0.4, 0.5) is 0 Å². The Balaban J connectivity index is 2.04. The van der Waals surface area contributed by atoms with Crippen molar-refractivity contribution in [3.63, 3.8) is 0 Å². The first kappa shape index (κ1) is 12.1. The maximum absolute atomic E-state index is 11.0. The van der Waals surface area contributed by atoms with Crippen molar-refractivity contribution in [3.05, 3.63) is 34.7 Å². The highest BCUT2D eigenvalue weighted by Gasteiger charge is 2.01. The monoisotopic (exact) mass is 248 g/mol. The molecule has 0 aliphatic rings. The Morgan fingerprint density at radius 3 is 3.06 bits per heavy atom. The molecular formula is C12H12N2O4. The molecule has 18 heavy (non-hydrogen) atoms. The molecule has 6 nitrogen and oxygen atoms in total. The van der Waals surface area contributed by atoms with Gasteiger partial charge < -0.3 is 14.8 Å². The first-order chi connectivity index (χ1) is 8.65. The highest BCUT2D eigenvalue weighted by atomic mass is 16.5. The number of rotatable bonds is 5. The zero-order valence-electron chi connectivity index (χ0n) is 9.55. The molecule has 0 spiro atoms. The van der Waals surface area contributed by atoms with E-state index in [1.807, 2.05) is 0 Å². The van der Waals surface area contributed by atoms with E-state index in [1.54, 1.807) is 18.2 Å². The largest absolute Gasteiger partial charge is 0.494 e. The fraction of sp³-hybridized carbons (Fsp3) is 0.250. The predicted molar refractivity (Wildman–Crippen MR) is 64.7 cm³/mol. The van der Waals surface area contributed by atoms with Crippen molar-refractivity contribution in [2.45, 2.75) is 12.8 Å². The van der Waals surface area contributed by atoms with Gasteiger partial charge in [0.05, 0.1) is 23.8 Å². The number of carboxylic acids is 1. The topological polar surface area (TPSA) is 92.3 Å². The molecule has 0 radical (unpaired) electrons. The van der Waals surface area contributed by atoms with Gasteiger partial charge in [-0.15, -0.1) is 0 Å². The lowest BCUT2D eigenvalue weighted by Gasteiger charge is -2.05. The summed E-state index contributed by atoms with van der Waals surface area (Å²) in [6.07, 6.45) is 1.74. The first-order valence-corrected chi connectivity index (χ1v) is 5.49. The van der Waals surface area contributed by atoms with E-state index in [1.165, 1.54) is 6.20 Å². The fourth-order valence-electron chi connectivity index (χ4n) is 1.52. The molecule has 0 fully saturated rings. The Hall–Kier alpha value is -2.37. The summed E-state index contributed by atoms with van der Waals surface area (Å²) in [7, 11) is 0. The number of carboxylic acid groups (broad SMARTS) is 1. The van der Waals surface area contributed by atoms with Gasteiger partial charge in [-0.05, 0) is 18.6 Å². The molecule has 94 valence electrons. The molecule has 0 saturated heterocycles. The number of fused-ring (bicyclic) bond motifs is 1. The van der Waals surface area contributed by atoms with E-state index in [0.29, 0.717) is 29.8 Å². The van der Waals surface area contributed by atoms with Crippen LogP contribution in [0.5, 0.6) is 5.75 Å². The van der Waals surface area contributed by atoms with E-state index in [0.717, 1.165) is 0 Å². The highest BCUT2D eigenvalue weighted by molar-refractivity contribution is 5.75. The quantitative estimate of drug-likeness (QED) is 0.775. The van der Waals surface area contributed by atoms with Gasteiger partial charge in [-0.2, -0.15) is 0 Å². The highest BCUT2D eigenvalue weighted by Crippen LogP contribution is 2.16. The summed E-state index contributed by atoms with van der Waals surface area (Å²) in [6.45, 7) is 0.334. The van der Waals surface area contributed by atoms with Crippen LogP contribution in [0.2, 0.25) is 0 Å². The number of carbonyl (C=O) groups is 1. The van der Waals surface area contributed by atoms with Crippen LogP contribution in [-0.2, 0) is 4.79 Å². The van der Waals surface area contributed by atoms with E-state index in [4.69, 9.17) is 9.84 Å². The predicted octanol–water partition coefficient (Wildman–Crippen LogP) is 1.17. The van der Waals surface area contributed by atoms with Crippen molar-refractivity contribution >= 4 is 17.0 Å². The third kappa shape index (κ3) is 3.07. The number of aromatic amines is 1. The Morgan fingerprint density at radius 2 is 2.28 bits per heavy atom. The molecule has 0 bridgehead atoms. The van der Waals surface area contributed by atoms with Crippen LogP contribution in [0.3, 0.4) is 0 Å². The normalized spacial score (nSPS) is 10.4. The molecule has 0 saturated carbocycles. The lowest BCUT2D eigenvalue weighted by Crippen LogP contribution is -2.05. The second kappa shape index (κ2) is 5.31. The minimum absolute atomic E-state index is 0.0825. The summed E-state index contributed by atoms with van der Waals surface area (Å²) in [6, 6.07) is 5.11. The molecule has 2 N–H and O–H groups in total. The lowest BCUT2D eigenvalue weighted by molar-refractivity contribution is -0.137. The summed E-state index contributed by atoms with van der Waals surface area (Å²) in [5, 5.41) is 8.48. The number of hydrogen-bond donors (Lipinski definition) is 2. The number of hydrogen-bond acceptors (Lipinski definition) is 4. The number of aliphatic carboxylic acids is 1. The second-order valence-corrected chi connectivity index (χ2v) is 3.77. The van der Waals surface area contributed by atoms with Gasteiger partial charge in [0, 0.05) is 12.5 Å². The smallest absolute Gasteiger partial charge is 0.303 e. The summed E-state index contributed by atoms with van der Waals surface area (Å²) < 4.78 is 5.40. The standard InChI is InChI=1S/C12H12N2O4/c15-11-7-13-10-6-8(3-4-9(10)14-11)18-5-1-2-12(16)17/h3-4,6-7H,1-2,5H2,(H,14,15)(H,16,17). The third-order valence-electron chi connectivity index (χ3n) is 2.35. The lowest BCUT2D eigenvalue weighted by atomic mass is 10.3. The Labute approximate surface area is 102 Å². The molecule has 1 aromatic carbocycles. The minimum atomic E-state index is -0.837. The molecule has 0 atom stereocenters. The van der Waals surface area contributed by atoms with Crippen LogP contribution < -0.4 is 10.3 Å². The first-order valence-electron chi connectivity index (χ1n) is 5.49. The van der Waals surface area contributed by atoms with Gasteiger partial charge in [-0.25, -0.2) is 4.98 Å². The second-order valence-electron chi connectivity index (χ2n) is 3.77. The van der Waals surface area contributed by atoms with Crippen LogP contribution in [0, 0.1) is 0 Å². The van der Waals surface area contributed by atoms with Crippen LogP contribution in [-0.4, -0.2) is 27.7 Å². The summed E-state index contributed by atoms with van der Waals surface area (Å²) in [5.74, 6) is -0.233. The number of ether oxygens (including phenoxy) is 1. The number of nitrogens with one attached hydrogen (secondary N) is 1. The van der Waals surface area contributed by atoms with Crippen molar-refractivity contribution < 1.29 is 14.6 Å². The zero-order chi connectivity index (χ0) is 13.0. The molecule has 1 aromatic heterocycles. The maximum atomic E-state index is 11.0. The van der Waals surface area contributed by atoms with Crippen LogP contribution in [0.15, 0.2) is 29.2 Å². The zero-order valence-corrected chi connectivity index (χ0v) is 9.55. The third-order valence-corrected chi connectivity index (χ3v) is 2.35. The van der Waals surface area contributed by atoms with Gasteiger partial charge in [0.2, 0.25) is 0 Å². The van der Waals surface area contributed by atoms with Crippen molar-refractivity contribution in [2.75, 3.05) is 6.61 Å². The van der Waals surface area contributed by atoms with E-state index >= 15 is 0 Å². The van der Waals surface area contributed by atoms with Crippen LogP contribution >= 0.6 is 0 Å². The Bertz CT molecular complexity index is 621. The van der Waals surface area contributed by atoms with Crippen molar-refractivity contribution in [2.24, 2.45) is 0 Å². The molecular weight excluding hydrogens is 236 g/mol. The van der Waals surface area contributed by atoms with E-state index in [2.05, 4.69) is 9.97 Å². The average molecular weight is 248 g/mol. The van der Waals surface area contributed by atoms with Crippen molar-refractivity contribution in [1.29, 1.82) is 0 Å². The van der Waals surface area contributed by atoms with Gasteiger partial charge in [-0.3, -0.25) is 9.59 Å². The van der Waals surface area contributed by atoms with Gasteiger partial charge in [0.1, 0.15) is 5.75 Å². The molecule has 0 amide bonds. The van der Waals surface area contributed by atoms with Gasteiger partial charge in [0.15, 0.2) is 0 Å². The molecule has 6 heteroatoms. The van der Waals surface area contributed by atoms with Gasteiger partial charge in [0.25, 0.3) is 5.56 Å². The SMILES string of the molecule is O=C(O)CCCOc1ccc2[nH]c(=O)cnc2c1. The number of nitrogens with zero attached hydrogens (tertiary/aromatic N) is 1. The summed E-state index contributed by atoms with van der Waals surface area (Å²) in [4.78, 5) is 28.0. The molecule has 2 rings (SSSR count). The van der Waals surface area contributed by atoms with Crippen molar-refractivity contribution in [1.82, 2.24) is 9.97 Å². The molecule has 0 aliphatic heterocycles. The van der Waals surface area contributed by atoms with Crippen LogP contribution in [0.25, 0.3) is 11.0 Å². The minimum Gasteiger partial charge on any atom is -0.494 e. The average Bonchev–Trinajstić information content (AvgIpc) is 2.34. The van der Waals surface area contributed by atoms with E-state index in [9.17, 15) is 9.59 Å². The Kier molecular flexibility index (Phi) is 3.57. The van der Waals surface area contributed by atoms with Crippen LogP contribution in [0.1, 0.15) is 12.8 Å². The molecule has 0 aliphatic carbocycles. The van der Waals surface area contributed by atoms with Crippen molar-refractivity contribution in [3.8, 4) is 5.75 Å². The van der Waals surface area contributed by atoms with Gasteiger partial charge >= 0.3 is 5.97 Å². The number of benzene rings is 1. The van der Waals surface area contributed by atoms with Gasteiger partial charge in [-0.1, -0.05) is 0 Å². The molecule has 2 aromatic rings. The Morgan fingerprint density at radius 1 is 1.44 bits per heavy atom. The fourth-order valence-corrected chi connectivity index (χ4v) is 1.52. The summed E-state index contributed by atoms with van der Waals surface area (Å²) >= 11 is 0. The molecule has 1 heterocycles. The molecule has 0 unspecified atom stereocenters. The number of aromatic nitrogens is 2. The van der Waals surface area contributed by atoms with E-state index < -0.39 is 5.97 Å². The summed E-state index contributed by atoms with van der Waals surface area (Å²) in [5.41, 5.74) is 1.02.